The standard InChI is InChI=1S/C12H24N2O3/c1-3-11(15)9-5-10(13-4-2)7-14(6-9)8-12(16)17/h9-11,13,15H,3-8H2,1-2H3,(H,16,17). The summed E-state index contributed by atoms with van der Waals surface area (Å²) in [5, 5.41) is 22.1. The topological polar surface area (TPSA) is 72.8 Å². The molecule has 1 saturated heterocycles. The number of aliphatic hydroxyl groups excluding tert-OH is 1. The molecule has 0 saturated carbocycles. The predicted octanol–water partition coefficient (Wildman–Crippen LogP) is 0.142. The van der Waals surface area contributed by atoms with E-state index in [1.165, 1.54) is 0 Å². The molecule has 3 atom stereocenters. The third-order valence-corrected chi connectivity index (χ3v) is 3.37. The van der Waals surface area contributed by atoms with Crippen molar-refractivity contribution in [3.8, 4) is 0 Å². The molecule has 1 aliphatic rings. The summed E-state index contributed by atoms with van der Waals surface area (Å²) < 4.78 is 0. The Bertz CT molecular complexity index is 248. The van der Waals surface area contributed by atoms with Gasteiger partial charge in [-0.25, -0.2) is 0 Å². The largest absolute Gasteiger partial charge is 0.480 e. The number of piperidine rings is 1. The van der Waals surface area contributed by atoms with E-state index in [2.05, 4.69) is 5.32 Å². The van der Waals surface area contributed by atoms with Crippen LogP contribution in [0.15, 0.2) is 0 Å². The van der Waals surface area contributed by atoms with Gasteiger partial charge in [-0.15, -0.1) is 0 Å². The number of likely N-dealkylation sites (N-methyl/N-ethyl adjacent to an activating group) is 1. The first-order valence-electron chi connectivity index (χ1n) is 6.42. The molecule has 5 heteroatoms. The normalized spacial score (nSPS) is 27.9. The first-order valence-corrected chi connectivity index (χ1v) is 6.42. The minimum absolute atomic E-state index is 0.0643. The predicted molar refractivity (Wildman–Crippen MR) is 65.9 cm³/mol. The molecule has 1 rings (SSSR count). The molecule has 0 aromatic carbocycles. The summed E-state index contributed by atoms with van der Waals surface area (Å²) in [6.45, 7) is 6.39. The van der Waals surface area contributed by atoms with Crippen LogP contribution in [0.3, 0.4) is 0 Å². The Labute approximate surface area is 103 Å². The maximum Gasteiger partial charge on any atom is 0.317 e. The number of carboxylic acids is 1. The van der Waals surface area contributed by atoms with Crippen molar-refractivity contribution in [2.24, 2.45) is 5.92 Å². The van der Waals surface area contributed by atoms with Gasteiger partial charge in [-0.05, 0) is 25.3 Å². The molecule has 0 bridgehead atoms. The lowest BCUT2D eigenvalue weighted by Gasteiger charge is -2.39. The van der Waals surface area contributed by atoms with Crippen LogP contribution < -0.4 is 5.32 Å². The highest BCUT2D eigenvalue weighted by Crippen LogP contribution is 2.21. The van der Waals surface area contributed by atoms with Crippen LogP contribution >= 0.6 is 0 Å². The molecule has 0 amide bonds. The fraction of sp³-hybridized carbons (Fsp3) is 0.917. The fourth-order valence-electron chi connectivity index (χ4n) is 2.60. The van der Waals surface area contributed by atoms with Crippen LogP contribution in [0.25, 0.3) is 0 Å². The third kappa shape index (κ3) is 4.61. The summed E-state index contributed by atoms with van der Waals surface area (Å²) in [4.78, 5) is 12.7. The number of likely N-dealkylation sites (tertiary alicyclic amines) is 1. The van der Waals surface area contributed by atoms with Crippen molar-refractivity contribution in [1.29, 1.82) is 0 Å². The van der Waals surface area contributed by atoms with Gasteiger partial charge in [-0.2, -0.15) is 0 Å². The smallest absolute Gasteiger partial charge is 0.317 e. The van der Waals surface area contributed by atoms with Gasteiger partial charge in [0.2, 0.25) is 0 Å². The monoisotopic (exact) mass is 244 g/mol. The van der Waals surface area contributed by atoms with Crippen LogP contribution in [0, 0.1) is 5.92 Å². The summed E-state index contributed by atoms with van der Waals surface area (Å²) in [5.41, 5.74) is 0. The van der Waals surface area contributed by atoms with E-state index in [0.717, 1.165) is 25.9 Å². The van der Waals surface area contributed by atoms with Gasteiger partial charge in [0.15, 0.2) is 0 Å². The van der Waals surface area contributed by atoms with E-state index in [-0.39, 0.29) is 18.6 Å². The Hall–Kier alpha value is -0.650. The van der Waals surface area contributed by atoms with E-state index in [1.807, 2.05) is 18.7 Å². The molecule has 100 valence electrons. The molecule has 0 aliphatic carbocycles. The summed E-state index contributed by atoms with van der Waals surface area (Å²) in [6.07, 6.45) is 1.33. The number of hydrogen-bond donors (Lipinski definition) is 3. The fourth-order valence-corrected chi connectivity index (χ4v) is 2.60. The molecule has 0 aromatic heterocycles. The van der Waals surface area contributed by atoms with Crippen LogP contribution in [0.2, 0.25) is 0 Å². The van der Waals surface area contributed by atoms with Gasteiger partial charge in [0, 0.05) is 19.1 Å². The van der Waals surface area contributed by atoms with Crippen molar-refractivity contribution in [2.45, 2.75) is 38.8 Å². The number of hydrogen-bond acceptors (Lipinski definition) is 4. The quantitative estimate of drug-likeness (QED) is 0.620. The van der Waals surface area contributed by atoms with Gasteiger partial charge in [-0.1, -0.05) is 13.8 Å². The minimum atomic E-state index is -0.799. The second-order valence-corrected chi connectivity index (χ2v) is 4.81. The van der Waals surface area contributed by atoms with E-state index in [9.17, 15) is 9.90 Å². The van der Waals surface area contributed by atoms with Crippen molar-refractivity contribution in [2.75, 3.05) is 26.2 Å². The van der Waals surface area contributed by atoms with Crippen molar-refractivity contribution < 1.29 is 15.0 Å². The molecule has 3 unspecified atom stereocenters. The average molecular weight is 244 g/mol. The van der Waals surface area contributed by atoms with E-state index >= 15 is 0 Å². The molecule has 5 nitrogen and oxygen atoms in total. The van der Waals surface area contributed by atoms with Crippen molar-refractivity contribution in [3.05, 3.63) is 0 Å². The Balaban J connectivity index is 2.58. The Morgan fingerprint density at radius 3 is 2.71 bits per heavy atom. The van der Waals surface area contributed by atoms with Gasteiger partial charge in [0.05, 0.1) is 12.6 Å². The van der Waals surface area contributed by atoms with Gasteiger partial charge in [0.1, 0.15) is 0 Å². The lowest BCUT2D eigenvalue weighted by Crippen LogP contribution is -2.52. The van der Waals surface area contributed by atoms with Gasteiger partial charge in [-0.3, -0.25) is 9.69 Å². The van der Waals surface area contributed by atoms with Crippen LogP contribution in [-0.2, 0) is 4.79 Å². The first kappa shape index (κ1) is 14.4. The highest BCUT2D eigenvalue weighted by atomic mass is 16.4. The average Bonchev–Trinajstić information content (AvgIpc) is 2.27. The molecule has 1 heterocycles. The SMILES string of the molecule is CCNC1CC(C(O)CC)CN(CC(=O)O)C1. The molecular formula is C12H24N2O3. The zero-order valence-electron chi connectivity index (χ0n) is 10.7. The molecule has 0 radical (unpaired) electrons. The van der Waals surface area contributed by atoms with Crippen LogP contribution in [0.5, 0.6) is 0 Å². The Morgan fingerprint density at radius 1 is 1.47 bits per heavy atom. The zero-order valence-corrected chi connectivity index (χ0v) is 10.7. The van der Waals surface area contributed by atoms with Crippen molar-refractivity contribution >= 4 is 5.97 Å². The van der Waals surface area contributed by atoms with E-state index in [1.54, 1.807) is 0 Å². The van der Waals surface area contributed by atoms with Crippen molar-refractivity contribution in [3.63, 3.8) is 0 Å². The highest BCUT2D eigenvalue weighted by Gasteiger charge is 2.31. The number of rotatable bonds is 6. The van der Waals surface area contributed by atoms with Crippen molar-refractivity contribution in [1.82, 2.24) is 10.2 Å². The summed E-state index contributed by atoms with van der Waals surface area (Å²) in [7, 11) is 0. The maximum atomic E-state index is 10.8. The summed E-state index contributed by atoms with van der Waals surface area (Å²) >= 11 is 0. The Morgan fingerprint density at radius 2 is 2.18 bits per heavy atom. The van der Waals surface area contributed by atoms with Crippen LogP contribution in [0.1, 0.15) is 26.7 Å². The molecule has 1 aliphatic heterocycles. The lowest BCUT2D eigenvalue weighted by molar-refractivity contribution is -0.139. The van der Waals surface area contributed by atoms with E-state index < -0.39 is 5.97 Å². The third-order valence-electron chi connectivity index (χ3n) is 3.37. The summed E-state index contributed by atoms with van der Waals surface area (Å²) in [6, 6.07) is 0.291. The lowest BCUT2D eigenvalue weighted by atomic mass is 9.88. The number of aliphatic carboxylic acids is 1. The van der Waals surface area contributed by atoms with Gasteiger partial charge >= 0.3 is 5.97 Å². The zero-order chi connectivity index (χ0) is 12.8. The Kier molecular flexibility index (Phi) is 5.88. The number of nitrogens with zero attached hydrogens (tertiary/aromatic N) is 1. The van der Waals surface area contributed by atoms with Crippen LogP contribution in [-0.4, -0.2) is 59.4 Å². The van der Waals surface area contributed by atoms with E-state index in [4.69, 9.17) is 5.11 Å². The molecule has 0 aromatic rings. The highest BCUT2D eigenvalue weighted by molar-refractivity contribution is 5.69. The maximum absolute atomic E-state index is 10.8. The van der Waals surface area contributed by atoms with Gasteiger partial charge in [0.25, 0.3) is 0 Å². The molecule has 3 N–H and O–H groups in total. The number of aliphatic hydroxyl groups is 1. The molecule has 1 fully saturated rings. The second-order valence-electron chi connectivity index (χ2n) is 4.81. The molecule has 17 heavy (non-hydrogen) atoms. The van der Waals surface area contributed by atoms with E-state index in [0.29, 0.717) is 12.6 Å². The summed E-state index contributed by atoms with van der Waals surface area (Å²) in [5.74, 6) is -0.621. The number of carboxylic acid groups (broad SMARTS) is 1. The first-order chi connectivity index (χ1) is 8.06. The molecule has 0 spiro atoms. The number of carbonyl (C=O) groups is 1. The minimum Gasteiger partial charge on any atom is -0.480 e. The second kappa shape index (κ2) is 6.93. The van der Waals surface area contributed by atoms with Crippen LogP contribution in [0.4, 0.5) is 0 Å². The number of nitrogens with one attached hydrogen (secondary N) is 1. The van der Waals surface area contributed by atoms with Gasteiger partial charge < -0.3 is 15.5 Å². The molecular weight excluding hydrogens is 220 g/mol.